The van der Waals surface area contributed by atoms with E-state index in [4.69, 9.17) is 24.1 Å². The first kappa shape index (κ1) is 63.8. The molecular formula is C51H91N5O14. The lowest BCUT2D eigenvalue weighted by molar-refractivity contribution is -0.143. The molecule has 1 unspecified atom stereocenters. The molecule has 0 bridgehead atoms. The number of rotatable bonds is 47. The van der Waals surface area contributed by atoms with E-state index in [0.717, 1.165) is 64.1 Å². The summed E-state index contributed by atoms with van der Waals surface area (Å²) < 4.78 is 21.3. The van der Waals surface area contributed by atoms with E-state index in [1.807, 2.05) is 13.8 Å². The Kier molecular flexibility index (Phi) is 39.7. The Morgan fingerprint density at radius 3 is 1.49 bits per heavy atom. The monoisotopic (exact) mass is 998 g/mol. The summed E-state index contributed by atoms with van der Waals surface area (Å²) in [7, 11) is 0. The minimum absolute atomic E-state index is 0.0337. The fourth-order valence-corrected chi connectivity index (χ4v) is 8.06. The Balaban J connectivity index is 2.00. The molecule has 0 heterocycles. The SMILES string of the molecule is CC[C@H](C)[C@@H](C=O)NC(=O)COCCOCCNC(=O)COCCOCCNC(=O)CCC(NC(=O)C1CCC(CNC(=O)CCCCCCCCCCCCCCCCCCC(=O)O)CC1)C(=O)O. The first-order valence-corrected chi connectivity index (χ1v) is 26.5. The molecule has 0 spiro atoms. The van der Waals surface area contributed by atoms with E-state index in [9.17, 15) is 43.5 Å². The van der Waals surface area contributed by atoms with Crippen molar-refractivity contribution in [2.24, 2.45) is 17.8 Å². The Morgan fingerprint density at radius 2 is 1.00 bits per heavy atom. The number of carbonyl (C=O) groups excluding carboxylic acids is 6. The van der Waals surface area contributed by atoms with Gasteiger partial charge in [-0.1, -0.05) is 110 Å². The molecule has 1 aliphatic rings. The van der Waals surface area contributed by atoms with E-state index >= 15 is 0 Å². The van der Waals surface area contributed by atoms with Gasteiger partial charge in [0.15, 0.2) is 0 Å². The number of carbonyl (C=O) groups is 8. The highest BCUT2D eigenvalue weighted by Crippen LogP contribution is 2.29. The molecule has 0 aromatic heterocycles. The first-order valence-electron chi connectivity index (χ1n) is 26.5. The Morgan fingerprint density at radius 1 is 0.543 bits per heavy atom. The van der Waals surface area contributed by atoms with Crippen LogP contribution in [0.3, 0.4) is 0 Å². The van der Waals surface area contributed by atoms with Crippen molar-refractivity contribution in [3.8, 4) is 0 Å². The predicted molar refractivity (Wildman–Crippen MR) is 265 cm³/mol. The van der Waals surface area contributed by atoms with Gasteiger partial charge in [-0.2, -0.15) is 0 Å². The predicted octanol–water partition coefficient (Wildman–Crippen LogP) is 5.39. The van der Waals surface area contributed by atoms with E-state index in [1.165, 1.54) is 64.2 Å². The van der Waals surface area contributed by atoms with Crippen LogP contribution in [0.25, 0.3) is 0 Å². The third kappa shape index (κ3) is 36.7. The molecule has 5 amide bonds. The molecule has 404 valence electrons. The summed E-state index contributed by atoms with van der Waals surface area (Å²) in [4.78, 5) is 95.2. The van der Waals surface area contributed by atoms with E-state index in [2.05, 4.69) is 26.6 Å². The molecule has 1 rings (SSSR count). The molecule has 0 saturated heterocycles. The van der Waals surface area contributed by atoms with Crippen molar-refractivity contribution in [2.45, 2.75) is 186 Å². The maximum Gasteiger partial charge on any atom is 0.326 e. The van der Waals surface area contributed by atoms with Crippen LogP contribution < -0.4 is 26.6 Å². The van der Waals surface area contributed by atoms with Crippen molar-refractivity contribution in [1.29, 1.82) is 0 Å². The van der Waals surface area contributed by atoms with E-state index < -0.39 is 24.0 Å². The molecule has 0 aromatic carbocycles. The summed E-state index contributed by atoms with van der Waals surface area (Å²) in [5.41, 5.74) is 0. The van der Waals surface area contributed by atoms with Gasteiger partial charge in [-0.3, -0.25) is 28.8 Å². The van der Waals surface area contributed by atoms with Crippen molar-refractivity contribution < 1.29 is 67.5 Å². The third-order valence-corrected chi connectivity index (χ3v) is 12.7. The zero-order chi connectivity index (χ0) is 51.5. The molecular weight excluding hydrogens is 907 g/mol. The lowest BCUT2D eigenvalue weighted by Gasteiger charge is -2.28. The van der Waals surface area contributed by atoms with Crippen LogP contribution in [0.2, 0.25) is 0 Å². The molecule has 19 heteroatoms. The van der Waals surface area contributed by atoms with E-state index in [0.29, 0.717) is 32.2 Å². The average Bonchev–Trinajstić information content (AvgIpc) is 3.34. The normalized spacial score (nSPS) is 15.8. The van der Waals surface area contributed by atoms with Gasteiger partial charge in [0.2, 0.25) is 29.5 Å². The minimum Gasteiger partial charge on any atom is -0.481 e. The number of aldehydes is 1. The van der Waals surface area contributed by atoms with Crippen LogP contribution in [0.4, 0.5) is 0 Å². The Labute approximate surface area is 417 Å². The number of carboxylic acid groups (broad SMARTS) is 2. The van der Waals surface area contributed by atoms with Crippen LogP contribution in [-0.2, 0) is 57.3 Å². The molecule has 1 fully saturated rings. The van der Waals surface area contributed by atoms with Gasteiger partial charge in [0.1, 0.15) is 25.5 Å². The molecule has 1 saturated carbocycles. The molecule has 7 N–H and O–H groups in total. The van der Waals surface area contributed by atoms with Gasteiger partial charge < -0.3 is 60.5 Å². The third-order valence-electron chi connectivity index (χ3n) is 12.7. The second-order valence-corrected chi connectivity index (χ2v) is 18.7. The molecule has 19 nitrogen and oxygen atoms in total. The maximum atomic E-state index is 13.0. The average molecular weight is 998 g/mol. The molecule has 3 atom stereocenters. The van der Waals surface area contributed by atoms with Crippen LogP contribution in [0.5, 0.6) is 0 Å². The molecule has 0 aromatic rings. The number of carboxylic acids is 2. The minimum atomic E-state index is -1.20. The first-order chi connectivity index (χ1) is 33.9. The molecule has 1 aliphatic carbocycles. The number of amides is 5. The van der Waals surface area contributed by atoms with Crippen molar-refractivity contribution >= 4 is 47.8 Å². The maximum absolute atomic E-state index is 13.0. The van der Waals surface area contributed by atoms with Gasteiger partial charge in [-0.15, -0.1) is 0 Å². The zero-order valence-corrected chi connectivity index (χ0v) is 42.7. The summed E-state index contributed by atoms with van der Waals surface area (Å²) in [6.45, 7) is 5.66. The summed E-state index contributed by atoms with van der Waals surface area (Å²) in [5.74, 6) is -3.23. The topological polar surface area (TPSA) is 274 Å². The fraction of sp³-hybridized carbons (Fsp3) is 0.843. The summed E-state index contributed by atoms with van der Waals surface area (Å²) in [5, 5.41) is 32.0. The number of hydrogen-bond acceptors (Lipinski definition) is 12. The van der Waals surface area contributed by atoms with Gasteiger partial charge in [0, 0.05) is 44.8 Å². The summed E-state index contributed by atoms with van der Waals surface area (Å²) in [6.07, 6.45) is 23.6. The second kappa shape index (κ2) is 43.6. The standard InChI is InChI=1S/C51H91N5O14/c1-3-40(2)44(37-57)55-48(61)39-70-35-33-68-31-29-53-47(60)38-69-34-32-67-30-28-52-46(59)27-26-43(51(65)66)56-50(64)42-24-22-41(23-25-42)36-54-45(58)20-18-16-14-12-10-8-6-4-5-7-9-11-13-15-17-19-21-49(62)63/h37,40-44H,3-36,38-39H2,1-2H3,(H,52,59)(H,53,60)(H,54,58)(H,55,61)(H,56,64)(H,62,63)(H,65,66)/t40-,41?,42?,43?,44+/m0/s1. The van der Waals surface area contributed by atoms with Crippen LogP contribution in [0.15, 0.2) is 0 Å². The van der Waals surface area contributed by atoms with E-state index in [1.54, 1.807) is 0 Å². The van der Waals surface area contributed by atoms with Gasteiger partial charge in [-0.25, -0.2) is 4.79 Å². The van der Waals surface area contributed by atoms with E-state index in [-0.39, 0.29) is 126 Å². The van der Waals surface area contributed by atoms with Crippen molar-refractivity contribution in [1.82, 2.24) is 26.6 Å². The van der Waals surface area contributed by atoms with Crippen molar-refractivity contribution in [2.75, 3.05) is 72.5 Å². The molecule has 0 radical (unpaired) electrons. The molecule has 70 heavy (non-hydrogen) atoms. The lowest BCUT2D eigenvalue weighted by Crippen LogP contribution is -2.45. The van der Waals surface area contributed by atoms with Crippen LogP contribution in [-0.4, -0.2) is 143 Å². The fourth-order valence-electron chi connectivity index (χ4n) is 8.06. The Bertz CT molecular complexity index is 1450. The molecule has 0 aliphatic heterocycles. The quantitative estimate of drug-likeness (QED) is 0.0298. The van der Waals surface area contributed by atoms with Crippen molar-refractivity contribution in [3.05, 3.63) is 0 Å². The largest absolute Gasteiger partial charge is 0.481 e. The highest BCUT2D eigenvalue weighted by atomic mass is 16.5. The van der Waals surface area contributed by atoms with Gasteiger partial charge in [0.05, 0.1) is 45.7 Å². The van der Waals surface area contributed by atoms with Gasteiger partial charge >= 0.3 is 11.9 Å². The Hall–Kier alpha value is -4.20. The number of ether oxygens (including phenoxy) is 4. The second-order valence-electron chi connectivity index (χ2n) is 18.7. The summed E-state index contributed by atoms with van der Waals surface area (Å²) in [6, 6.07) is -1.73. The smallest absolute Gasteiger partial charge is 0.326 e. The number of unbranched alkanes of at least 4 members (excludes halogenated alkanes) is 15. The number of aliphatic carboxylic acids is 2. The number of hydrogen-bond donors (Lipinski definition) is 7. The lowest BCUT2D eigenvalue weighted by atomic mass is 9.81. The highest BCUT2D eigenvalue weighted by molar-refractivity contribution is 5.86. The highest BCUT2D eigenvalue weighted by Gasteiger charge is 2.30. The number of nitrogens with one attached hydrogen (secondary N) is 5. The van der Waals surface area contributed by atoms with Gasteiger partial charge in [0.25, 0.3) is 0 Å². The summed E-state index contributed by atoms with van der Waals surface area (Å²) >= 11 is 0. The van der Waals surface area contributed by atoms with Gasteiger partial charge in [-0.05, 0) is 56.8 Å². The van der Waals surface area contributed by atoms with Crippen LogP contribution in [0.1, 0.15) is 174 Å². The van der Waals surface area contributed by atoms with Crippen LogP contribution in [0, 0.1) is 17.8 Å². The zero-order valence-electron chi connectivity index (χ0n) is 42.7. The van der Waals surface area contributed by atoms with Crippen molar-refractivity contribution in [3.63, 3.8) is 0 Å². The van der Waals surface area contributed by atoms with Crippen LogP contribution >= 0.6 is 0 Å².